The molecule has 0 saturated carbocycles. The zero-order valence-electron chi connectivity index (χ0n) is 15.0. The molecular weight excluding hydrogens is 386 g/mol. The number of methoxy groups -OCH3 is 2. The lowest BCUT2D eigenvalue weighted by Gasteiger charge is -2.10. The lowest BCUT2D eigenvalue weighted by atomic mass is 10.2. The molecule has 0 aliphatic carbocycles. The molecule has 0 fully saturated rings. The molecule has 140 valence electrons. The van der Waals surface area contributed by atoms with Crippen molar-refractivity contribution in [2.75, 3.05) is 24.9 Å². The van der Waals surface area contributed by atoms with Crippen LogP contribution in [0.2, 0.25) is 5.02 Å². The number of carbonyl (C=O) groups excluding carboxylic acids is 1. The summed E-state index contributed by atoms with van der Waals surface area (Å²) in [5.41, 5.74) is 2.62. The smallest absolute Gasteiger partial charge is 0.275 e. The molecule has 0 aliphatic rings. The van der Waals surface area contributed by atoms with Gasteiger partial charge in [-0.3, -0.25) is 4.79 Å². The molecule has 1 heterocycles. The summed E-state index contributed by atoms with van der Waals surface area (Å²) in [5, 5.41) is 8.82. The highest BCUT2D eigenvalue weighted by molar-refractivity contribution is 7.14. The van der Waals surface area contributed by atoms with E-state index in [-0.39, 0.29) is 5.91 Å². The van der Waals surface area contributed by atoms with Crippen LogP contribution in [0.5, 0.6) is 11.5 Å². The van der Waals surface area contributed by atoms with Gasteiger partial charge in [0, 0.05) is 22.2 Å². The SMILES string of the molecule is COc1ccc(Nc2nc(C(=O)Nc3cc(Cl)ccc3C)cs2)c(OC)c1. The molecule has 0 radical (unpaired) electrons. The van der Waals surface area contributed by atoms with E-state index in [1.165, 1.54) is 11.3 Å². The minimum Gasteiger partial charge on any atom is -0.497 e. The Morgan fingerprint density at radius 3 is 2.67 bits per heavy atom. The van der Waals surface area contributed by atoms with Crippen molar-refractivity contribution in [2.45, 2.75) is 6.92 Å². The molecule has 3 aromatic rings. The maximum absolute atomic E-state index is 12.5. The Hall–Kier alpha value is -2.77. The number of amides is 1. The van der Waals surface area contributed by atoms with Gasteiger partial charge in [0.05, 0.1) is 19.9 Å². The topological polar surface area (TPSA) is 72.5 Å². The fourth-order valence-electron chi connectivity index (χ4n) is 2.37. The summed E-state index contributed by atoms with van der Waals surface area (Å²) in [4.78, 5) is 16.8. The number of nitrogens with one attached hydrogen (secondary N) is 2. The summed E-state index contributed by atoms with van der Waals surface area (Å²) in [6.07, 6.45) is 0. The van der Waals surface area contributed by atoms with Gasteiger partial charge in [-0.2, -0.15) is 0 Å². The van der Waals surface area contributed by atoms with Crippen LogP contribution >= 0.6 is 22.9 Å². The van der Waals surface area contributed by atoms with E-state index in [0.29, 0.717) is 33.0 Å². The highest BCUT2D eigenvalue weighted by Crippen LogP contribution is 2.32. The first-order valence-corrected chi connectivity index (χ1v) is 9.28. The van der Waals surface area contributed by atoms with Crippen LogP contribution in [0, 0.1) is 6.92 Å². The van der Waals surface area contributed by atoms with Crippen LogP contribution in [0.15, 0.2) is 41.8 Å². The number of thiazole rings is 1. The third-order valence-corrected chi connectivity index (χ3v) is 4.83. The highest BCUT2D eigenvalue weighted by Gasteiger charge is 2.14. The van der Waals surface area contributed by atoms with Gasteiger partial charge in [-0.15, -0.1) is 11.3 Å². The molecule has 0 atom stereocenters. The maximum Gasteiger partial charge on any atom is 0.275 e. The number of ether oxygens (including phenoxy) is 2. The second-order valence-electron chi connectivity index (χ2n) is 5.64. The van der Waals surface area contributed by atoms with Crippen LogP contribution < -0.4 is 20.1 Å². The van der Waals surface area contributed by atoms with Gasteiger partial charge in [-0.25, -0.2) is 4.98 Å². The number of rotatable bonds is 6. The standard InChI is InChI=1S/C19H18ClN3O3S/c1-11-4-5-12(20)8-15(11)21-18(24)16-10-27-19(23-16)22-14-7-6-13(25-2)9-17(14)26-3/h4-10H,1-3H3,(H,21,24)(H,22,23). The fourth-order valence-corrected chi connectivity index (χ4v) is 3.24. The number of hydrogen-bond donors (Lipinski definition) is 2. The summed E-state index contributed by atoms with van der Waals surface area (Å²) in [6.45, 7) is 1.90. The Labute approximate surface area is 166 Å². The average molecular weight is 404 g/mol. The Morgan fingerprint density at radius 1 is 1.11 bits per heavy atom. The van der Waals surface area contributed by atoms with E-state index in [9.17, 15) is 4.79 Å². The van der Waals surface area contributed by atoms with Crippen molar-refractivity contribution in [2.24, 2.45) is 0 Å². The molecule has 0 spiro atoms. The Balaban J connectivity index is 1.75. The van der Waals surface area contributed by atoms with Crippen molar-refractivity contribution >= 4 is 45.4 Å². The molecule has 27 heavy (non-hydrogen) atoms. The first-order valence-electron chi connectivity index (χ1n) is 8.02. The molecule has 0 unspecified atom stereocenters. The molecule has 0 aliphatic heterocycles. The minimum atomic E-state index is -0.300. The number of carbonyl (C=O) groups is 1. The molecule has 0 bridgehead atoms. The van der Waals surface area contributed by atoms with Crippen molar-refractivity contribution in [3.63, 3.8) is 0 Å². The minimum absolute atomic E-state index is 0.300. The van der Waals surface area contributed by atoms with Gasteiger partial charge in [0.25, 0.3) is 5.91 Å². The van der Waals surface area contributed by atoms with Crippen LogP contribution in [0.1, 0.15) is 16.1 Å². The largest absolute Gasteiger partial charge is 0.497 e. The third-order valence-electron chi connectivity index (χ3n) is 3.83. The van der Waals surface area contributed by atoms with E-state index in [0.717, 1.165) is 11.3 Å². The van der Waals surface area contributed by atoms with Gasteiger partial charge in [-0.05, 0) is 36.8 Å². The van der Waals surface area contributed by atoms with E-state index in [2.05, 4.69) is 15.6 Å². The number of halogens is 1. The van der Waals surface area contributed by atoms with Crippen molar-refractivity contribution in [1.82, 2.24) is 4.98 Å². The van der Waals surface area contributed by atoms with E-state index in [1.807, 2.05) is 25.1 Å². The zero-order valence-corrected chi connectivity index (χ0v) is 16.6. The van der Waals surface area contributed by atoms with Crippen LogP contribution in [0.3, 0.4) is 0 Å². The quantitative estimate of drug-likeness (QED) is 0.597. The number of aromatic nitrogens is 1. The first kappa shape index (κ1) is 19.0. The first-order chi connectivity index (χ1) is 13.0. The van der Waals surface area contributed by atoms with Gasteiger partial charge >= 0.3 is 0 Å². The summed E-state index contributed by atoms with van der Waals surface area (Å²) < 4.78 is 10.5. The molecule has 6 nitrogen and oxygen atoms in total. The van der Waals surface area contributed by atoms with E-state index in [4.69, 9.17) is 21.1 Å². The summed E-state index contributed by atoms with van der Waals surface area (Å²) in [6, 6.07) is 10.7. The third kappa shape index (κ3) is 4.50. The summed E-state index contributed by atoms with van der Waals surface area (Å²) >= 11 is 7.32. The van der Waals surface area contributed by atoms with E-state index >= 15 is 0 Å². The maximum atomic E-state index is 12.5. The van der Waals surface area contributed by atoms with Gasteiger partial charge in [0.2, 0.25) is 0 Å². The number of anilines is 3. The molecule has 3 rings (SSSR count). The molecule has 1 aromatic heterocycles. The van der Waals surface area contributed by atoms with E-state index in [1.54, 1.807) is 37.8 Å². The van der Waals surface area contributed by atoms with Crippen molar-refractivity contribution in [3.05, 3.63) is 58.1 Å². The lowest BCUT2D eigenvalue weighted by Crippen LogP contribution is -2.13. The zero-order chi connectivity index (χ0) is 19.4. The number of nitrogens with zero attached hydrogens (tertiary/aromatic N) is 1. The Morgan fingerprint density at radius 2 is 1.93 bits per heavy atom. The van der Waals surface area contributed by atoms with Crippen LogP contribution in [-0.2, 0) is 0 Å². The average Bonchev–Trinajstić information content (AvgIpc) is 3.13. The van der Waals surface area contributed by atoms with Gasteiger partial charge in [-0.1, -0.05) is 17.7 Å². The van der Waals surface area contributed by atoms with Crippen molar-refractivity contribution in [1.29, 1.82) is 0 Å². The number of aryl methyl sites for hydroxylation is 1. The van der Waals surface area contributed by atoms with Crippen LogP contribution in [-0.4, -0.2) is 25.1 Å². The normalized spacial score (nSPS) is 10.4. The van der Waals surface area contributed by atoms with Crippen LogP contribution in [0.4, 0.5) is 16.5 Å². The summed E-state index contributed by atoms with van der Waals surface area (Å²) in [7, 11) is 3.17. The molecule has 1 amide bonds. The number of benzene rings is 2. The monoisotopic (exact) mass is 403 g/mol. The van der Waals surface area contributed by atoms with Gasteiger partial charge < -0.3 is 20.1 Å². The van der Waals surface area contributed by atoms with Crippen LogP contribution in [0.25, 0.3) is 0 Å². The van der Waals surface area contributed by atoms with Crippen molar-refractivity contribution in [3.8, 4) is 11.5 Å². The fraction of sp³-hybridized carbons (Fsp3) is 0.158. The second-order valence-corrected chi connectivity index (χ2v) is 6.94. The van der Waals surface area contributed by atoms with Gasteiger partial charge in [0.1, 0.15) is 17.2 Å². The Bertz CT molecular complexity index is 975. The highest BCUT2D eigenvalue weighted by atomic mass is 35.5. The van der Waals surface area contributed by atoms with Gasteiger partial charge in [0.15, 0.2) is 5.13 Å². The molecular formula is C19H18ClN3O3S. The second kappa shape index (κ2) is 8.28. The molecule has 2 N–H and O–H groups in total. The predicted molar refractivity (Wildman–Crippen MR) is 109 cm³/mol. The Kier molecular flexibility index (Phi) is 5.83. The van der Waals surface area contributed by atoms with E-state index < -0.39 is 0 Å². The lowest BCUT2D eigenvalue weighted by molar-refractivity contribution is 0.102. The summed E-state index contributed by atoms with van der Waals surface area (Å²) in [5.74, 6) is 1.00. The predicted octanol–water partition coefficient (Wildman–Crippen LogP) is 5.12. The molecule has 2 aromatic carbocycles. The van der Waals surface area contributed by atoms with Crippen molar-refractivity contribution < 1.29 is 14.3 Å². The molecule has 8 heteroatoms. The molecule has 0 saturated heterocycles. The number of hydrogen-bond acceptors (Lipinski definition) is 6.